The molecule has 3 aliphatic rings. The first-order valence-electron chi connectivity index (χ1n) is 14.6. The van der Waals surface area contributed by atoms with Gasteiger partial charge in [-0.05, 0) is 55.8 Å². The number of nitrogens with zero attached hydrogens (tertiary/aromatic N) is 7. The predicted molar refractivity (Wildman–Crippen MR) is 170 cm³/mol. The molecule has 9 heteroatoms. The van der Waals surface area contributed by atoms with Gasteiger partial charge >= 0.3 is 0 Å². The molecule has 0 unspecified atom stereocenters. The number of likely N-dealkylation sites (tertiary alicyclic amines) is 1. The molecule has 42 heavy (non-hydrogen) atoms. The second-order valence-corrected chi connectivity index (χ2v) is 11.3. The van der Waals surface area contributed by atoms with Gasteiger partial charge in [0.25, 0.3) is 0 Å². The number of aryl methyl sites for hydroxylation is 1. The molecule has 2 aromatic carbocycles. The molecule has 9 nitrogen and oxygen atoms in total. The van der Waals surface area contributed by atoms with E-state index in [-0.39, 0.29) is 11.9 Å². The van der Waals surface area contributed by atoms with Crippen molar-refractivity contribution in [1.29, 1.82) is 0 Å². The molecule has 0 radical (unpaired) electrons. The summed E-state index contributed by atoms with van der Waals surface area (Å²) in [6.07, 6.45) is 4.61. The van der Waals surface area contributed by atoms with Gasteiger partial charge in [0.1, 0.15) is 5.69 Å². The van der Waals surface area contributed by atoms with Crippen LogP contribution >= 0.6 is 0 Å². The number of hydrogen-bond donors (Lipinski definition) is 1. The molecule has 3 aliphatic heterocycles. The third-order valence-corrected chi connectivity index (χ3v) is 8.38. The molecule has 0 spiro atoms. The predicted octanol–water partition coefficient (Wildman–Crippen LogP) is 4.72. The lowest BCUT2D eigenvalue weighted by Gasteiger charge is -2.36. The molecule has 1 amide bonds. The standard InChI is InChI=1S/C33H38N8O/c1-5-31(42)40-14-13-27(22-40)41-24(3)28(20-25-9-7-6-8-10-25)36-29-21-34-33(37-32(29)41)35-26-11-12-30(23(2)19-26)39-17-15-38(4)16-18-39/h5-12,19,21,27H,1,3,13-18,20,22H2,2,4H3,(H,34,35,37)/t27-/m0/s1. The molecule has 2 fully saturated rings. The van der Waals surface area contributed by atoms with Crippen LogP contribution in [-0.2, 0) is 11.2 Å². The van der Waals surface area contributed by atoms with Gasteiger partial charge < -0.3 is 24.9 Å². The van der Waals surface area contributed by atoms with E-state index in [0.29, 0.717) is 37.0 Å². The first kappa shape index (κ1) is 27.7. The maximum atomic E-state index is 12.4. The van der Waals surface area contributed by atoms with Gasteiger partial charge in [-0.3, -0.25) is 4.79 Å². The van der Waals surface area contributed by atoms with Gasteiger partial charge in [0.2, 0.25) is 11.9 Å². The summed E-state index contributed by atoms with van der Waals surface area (Å²) in [4.78, 5) is 35.8. The number of benzene rings is 2. The summed E-state index contributed by atoms with van der Waals surface area (Å²) in [7, 11) is 2.17. The Bertz CT molecular complexity index is 1530. The van der Waals surface area contributed by atoms with Crippen molar-refractivity contribution in [1.82, 2.24) is 19.8 Å². The summed E-state index contributed by atoms with van der Waals surface area (Å²) in [5, 5.41) is 3.41. The Balaban J connectivity index is 1.28. The second kappa shape index (κ2) is 11.8. The number of piperazine rings is 1. The number of amides is 1. The van der Waals surface area contributed by atoms with Crippen LogP contribution in [0.5, 0.6) is 0 Å². The van der Waals surface area contributed by atoms with Crippen LogP contribution in [0.15, 0.2) is 84.7 Å². The molecule has 216 valence electrons. The van der Waals surface area contributed by atoms with E-state index in [0.717, 1.165) is 55.3 Å². The van der Waals surface area contributed by atoms with Crippen molar-refractivity contribution < 1.29 is 4.79 Å². The summed E-state index contributed by atoms with van der Waals surface area (Å²) in [6, 6.07) is 16.7. The maximum Gasteiger partial charge on any atom is 0.246 e. The highest BCUT2D eigenvalue weighted by molar-refractivity contribution is 6.08. The van der Waals surface area contributed by atoms with Gasteiger partial charge in [0.15, 0.2) is 5.82 Å². The molecule has 4 heterocycles. The molecular formula is C33H38N8O. The molecule has 1 N–H and O–H groups in total. The number of allylic oxidation sites excluding steroid dienone is 1. The van der Waals surface area contributed by atoms with Crippen LogP contribution in [0.3, 0.4) is 0 Å². The Morgan fingerprint density at radius 3 is 2.62 bits per heavy atom. The minimum absolute atomic E-state index is 0.0225. The first-order valence-corrected chi connectivity index (χ1v) is 14.6. The van der Waals surface area contributed by atoms with Crippen LogP contribution in [0, 0.1) is 6.92 Å². The summed E-state index contributed by atoms with van der Waals surface area (Å²) in [5.74, 6) is 1.15. The van der Waals surface area contributed by atoms with Gasteiger partial charge in [0, 0.05) is 57.1 Å². The Morgan fingerprint density at radius 2 is 1.88 bits per heavy atom. The number of likely N-dealkylation sites (N-methyl/N-ethyl adjacent to an activating group) is 1. The highest BCUT2D eigenvalue weighted by atomic mass is 16.2. The van der Waals surface area contributed by atoms with E-state index < -0.39 is 0 Å². The summed E-state index contributed by atoms with van der Waals surface area (Å²) < 4.78 is 0. The Labute approximate surface area is 247 Å². The molecule has 3 aromatic rings. The minimum Gasteiger partial charge on any atom is -0.369 e. The summed E-state index contributed by atoms with van der Waals surface area (Å²) in [5.41, 5.74) is 6.96. The van der Waals surface area contributed by atoms with Crippen molar-refractivity contribution in [3.63, 3.8) is 0 Å². The molecular weight excluding hydrogens is 524 g/mol. The highest BCUT2D eigenvalue weighted by Crippen LogP contribution is 2.39. The number of carbonyl (C=O) groups excluding carboxylic acids is 1. The number of hydrogen-bond acceptors (Lipinski definition) is 8. The van der Waals surface area contributed by atoms with Crippen LogP contribution in [0.2, 0.25) is 0 Å². The maximum absolute atomic E-state index is 12.4. The number of rotatable bonds is 7. The molecule has 0 bridgehead atoms. The molecule has 0 saturated carbocycles. The van der Waals surface area contributed by atoms with E-state index in [1.807, 2.05) is 23.1 Å². The zero-order chi connectivity index (χ0) is 29.2. The number of nitrogens with one attached hydrogen (secondary N) is 1. The van der Waals surface area contributed by atoms with E-state index >= 15 is 0 Å². The van der Waals surface area contributed by atoms with Crippen molar-refractivity contribution in [2.45, 2.75) is 25.8 Å². The lowest BCUT2D eigenvalue weighted by atomic mass is 10.0. The number of carbonyl (C=O) groups is 1. The van der Waals surface area contributed by atoms with Crippen LogP contribution < -0.4 is 15.1 Å². The molecule has 1 atom stereocenters. The lowest BCUT2D eigenvalue weighted by molar-refractivity contribution is -0.125. The number of fused-ring (bicyclic) bond motifs is 1. The molecule has 2 saturated heterocycles. The van der Waals surface area contributed by atoms with Crippen LogP contribution in [-0.4, -0.2) is 83.7 Å². The van der Waals surface area contributed by atoms with E-state index in [4.69, 9.17) is 9.98 Å². The van der Waals surface area contributed by atoms with Crippen molar-refractivity contribution in [3.05, 3.63) is 90.8 Å². The topological polar surface area (TPSA) is 80.2 Å². The van der Waals surface area contributed by atoms with E-state index in [2.05, 4.69) is 82.5 Å². The SMILES string of the molecule is C=CC(=O)N1CC[C@H](N2C(=C)C(Cc3ccccc3)=Nc3cnc(Nc4ccc(N5CCN(C)CC5)c(C)c4)nc32)C1. The van der Waals surface area contributed by atoms with Crippen LogP contribution in [0.4, 0.5) is 28.8 Å². The largest absolute Gasteiger partial charge is 0.369 e. The van der Waals surface area contributed by atoms with Gasteiger partial charge in [-0.2, -0.15) is 4.98 Å². The van der Waals surface area contributed by atoms with Gasteiger partial charge in [-0.15, -0.1) is 0 Å². The fourth-order valence-electron chi connectivity index (χ4n) is 6.03. The highest BCUT2D eigenvalue weighted by Gasteiger charge is 2.36. The third-order valence-electron chi connectivity index (χ3n) is 8.38. The van der Waals surface area contributed by atoms with E-state index in [9.17, 15) is 4.79 Å². The molecule has 6 rings (SSSR count). The normalized spacial score (nSPS) is 19.0. The zero-order valence-electron chi connectivity index (χ0n) is 24.5. The van der Waals surface area contributed by atoms with Crippen LogP contribution in [0.25, 0.3) is 0 Å². The second-order valence-electron chi connectivity index (χ2n) is 11.3. The van der Waals surface area contributed by atoms with E-state index in [1.165, 1.54) is 17.3 Å². The average molecular weight is 563 g/mol. The monoisotopic (exact) mass is 562 g/mol. The fourth-order valence-corrected chi connectivity index (χ4v) is 6.03. The Kier molecular flexibility index (Phi) is 7.75. The lowest BCUT2D eigenvalue weighted by Crippen LogP contribution is -2.44. The van der Waals surface area contributed by atoms with Gasteiger partial charge in [0.05, 0.1) is 23.6 Å². The van der Waals surface area contributed by atoms with Gasteiger partial charge in [-0.25, -0.2) is 9.98 Å². The van der Waals surface area contributed by atoms with Gasteiger partial charge in [-0.1, -0.05) is 43.5 Å². The average Bonchev–Trinajstić information content (AvgIpc) is 3.48. The smallest absolute Gasteiger partial charge is 0.246 e. The van der Waals surface area contributed by atoms with Crippen molar-refractivity contribution in [2.75, 3.05) is 61.4 Å². The quantitative estimate of drug-likeness (QED) is 0.418. The Morgan fingerprint density at radius 1 is 1.10 bits per heavy atom. The van der Waals surface area contributed by atoms with Crippen molar-refractivity contribution in [3.8, 4) is 0 Å². The third kappa shape index (κ3) is 5.65. The zero-order valence-corrected chi connectivity index (χ0v) is 24.5. The Hall–Kier alpha value is -4.50. The van der Waals surface area contributed by atoms with Crippen LogP contribution in [0.1, 0.15) is 17.5 Å². The summed E-state index contributed by atoms with van der Waals surface area (Å²) in [6.45, 7) is 15.7. The van der Waals surface area contributed by atoms with Crippen molar-refractivity contribution in [2.24, 2.45) is 4.99 Å². The summed E-state index contributed by atoms with van der Waals surface area (Å²) >= 11 is 0. The fraction of sp³-hybridized carbons (Fsp3) is 0.333. The minimum atomic E-state index is -0.0565. The van der Waals surface area contributed by atoms with E-state index in [1.54, 1.807) is 6.20 Å². The molecule has 0 aliphatic carbocycles. The number of aliphatic imine (C=N–C) groups is 1. The first-order chi connectivity index (χ1) is 20.4. The molecule has 1 aromatic heterocycles. The van der Waals surface area contributed by atoms with Crippen molar-refractivity contribution >= 4 is 40.4 Å². The number of anilines is 4. The number of aromatic nitrogens is 2.